The number of rotatable bonds is 8. The van der Waals surface area contributed by atoms with Gasteiger partial charge < -0.3 is 21.0 Å². The van der Waals surface area contributed by atoms with E-state index in [2.05, 4.69) is 34.8 Å². The molecule has 0 aliphatic carbocycles. The summed E-state index contributed by atoms with van der Waals surface area (Å²) >= 11 is 0. The molecular formula is C13H28N4O2. The Morgan fingerprint density at radius 1 is 0.947 bits per heavy atom. The first-order valence-corrected chi connectivity index (χ1v) is 6.57. The van der Waals surface area contributed by atoms with Crippen LogP contribution in [0.5, 0.6) is 0 Å². The Morgan fingerprint density at radius 2 is 1.26 bits per heavy atom. The van der Waals surface area contributed by atoms with Crippen LogP contribution in [-0.4, -0.2) is 47.0 Å². The highest BCUT2D eigenvalue weighted by Crippen LogP contribution is 2.12. The average molecular weight is 272 g/mol. The van der Waals surface area contributed by atoms with Gasteiger partial charge in [-0.05, 0) is 33.1 Å². The highest BCUT2D eigenvalue weighted by Gasteiger charge is 2.20. The fraction of sp³-hybridized carbons (Fsp3) is 0.846. The molecule has 0 rings (SSSR count). The average Bonchev–Trinajstić information content (AvgIpc) is 2.40. The van der Waals surface area contributed by atoms with Crippen molar-refractivity contribution in [1.29, 1.82) is 0 Å². The number of hydrogen-bond donors (Lipinski definition) is 4. The molecule has 0 fully saturated rings. The summed E-state index contributed by atoms with van der Waals surface area (Å²) in [6, 6.07) is 0.0878. The van der Waals surface area contributed by atoms with Crippen LogP contribution >= 0.6 is 0 Å². The van der Waals surface area contributed by atoms with Crippen LogP contribution in [0.25, 0.3) is 0 Å². The first-order valence-electron chi connectivity index (χ1n) is 6.57. The third-order valence-corrected chi connectivity index (χ3v) is 3.34. The molecule has 0 aliphatic rings. The van der Waals surface area contributed by atoms with Gasteiger partial charge in [0.25, 0.3) is 0 Å². The van der Waals surface area contributed by atoms with Crippen molar-refractivity contribution < 1.29 is 10.4 Å². The maximum Gasteiger partial charge on any atom is 0.0706 e. The van der Waals surface area contributed by atoms with Crippen molar-refractivity contribution >= 4 is 11.4 Å². The van der Waals surface area contributed by atoms with Gasteiger partial charge in [0.1, 0.15) is 0 Å². The van der Waals surface area contributed by atoms with Gasteiger partial charge in [-0.1, -0.05) is 24.2 Å². The maximum atomic E-state index is 8.70. The second kappa shape index (κ2) is 8.12. The van der Waals surface area contributed by atoms with Crippen LogP contribution in [-0.2, 0) is 0 Å². The molecule has 0 aromatic rings. The van der Waals surface area contributed by atoms with Crippen LogP contribution in [0.4, 0.5) is 0 Å². The number of nitrogens with one attached hydrogen (secondary N) is 2. The smallest absolute Gasteiger partial charge is 0.0706 e. The third kappa shape index (κ3) is 7.12. The lowest BCUT2D eigenvalue weighted by atomic mass is 9.92. The fourth-order valence-electron chi connectivity index (χ4n) is 1.39. The molecule has 0 amide bonds. The summed E-state index contributed by atoms with van der Waals surface area (Å²) in [5, 5.41) is 30.4. The van der Waals surface area contributed by atoms with Crippen molar-refractivity contribution in [2.75, 3.05) is 13.1 Å². The molecule has 0 aromatic heterocycles. The summed E-state index contributed by atoms with van der Waals surface area (Å²) in [6.45, 7) is 13.4. The van der Waals surface area contributed by atoms with Gasteiger partial charge in [0, 0.05) is 25.2 Å². The lowest BCUT2D eigenvalue weighted by Crippen LogP contribution is -2.46. The van der Waals surface area contributed by atoms with Crippen molar-refractivity contribution in [1.82, 2.24) is 10.6 Å². The zero-order valence-electron chi connectivity index (χ0n) is 12.9. The topological polar surface area (TPSA) is 89.2 Å². The van der Waals surface area contributed by atoms with Gasteiger partial charge in [0.2, 0.25) is 0 Å². The van der Waals surface area contributed by atoms with Crippen molar-refractivity contribution in [3.8, 4) is 0 Å². The summed E-state index contributed by atoms with van der Waals surface area (Å²) < 4.78 is 0. The van der Waals surface area contributed by atoms with E-state index in [0.29, 0.717) is 11.4 Å². The molecule has 2 unspecified atom stereocenters. The molecule has 0 saturated carbocycles. The van der Waals surface area contributed by atoms with Crippen LogP contribution in [0.2, 0.25) is 0 Å². The minimum atomic E-state index is 0.0357. The van der Waals surface area contributed by atoms with Crippen LogP contribution in [0.1, 0.15) is 41.5 Å². The molecule has 6 nitrogen and oxygen atoms in total. The normalized spacial score (nSPS) is 17.4. The van der Waals surface area contributed by atoms with E-state index < -0.39 is 0 Å². The summed E-state index contributed by atoms with van der Waals surface area (Å²) in [5.74, 6) is 0. The highest BCUT2D eigenvalue weighted by molar-refractivity contribution is 5.86. The van der Waals surface area contributed by atoms with E-state index in [1.165, 1.54) is 0 Å². The number of hydrogen-bond acceptors (Lipinski definition) is 6. The summed E-state index contributed by atoms with van der Waals surface area (Å²) in [7, 11) is 0. The standard InChI is InChI=1S/C13H28N4O2/c1-9(11(3)16-18)14-7-13(5,6)8-15-10(2)12(4)17-19/h9-10,14-15,18-19H,7-8H2,1-6H3. The van der Waals surface area contributed by atoms with E-state index in [9.17, 15) is 0 Å². The van der Waals surface area contributed by atoms with Gasteiger partial charge in [-0.3, -0.25) is 0 Å². The molecule has 0 bridgehead atoms. The first kappa shape index (κ1) is 17.9. The third-order valence-electron chi connectivity index (χ3n) is 3.34. The van der Waals surface area contributed by atoms with E-state index in [1.807, 2.05) is 13.8 Å². The Hall–Kier alpha value is -1.14. The molecule has 2 atom stereocenters. The SMILES string of the molecule is CC(=NO)C(C)NCC(C)(C)CNC(C)C(C)=NO. The molecule has 19 heavy (non-hydrogen) atoms. The van der Waals surface area contributed by atoms with Gasteiger partial charge >= 0.3 is 0 Å². The molecule has 0 spiro atoms. The number of nitrogens with zero attached hydrogens (tertiary/aromatic N) is 2. The Bertz CT molecular complexity index is 297. The Labute approximate surface area is 116 Å². The van der Waals surface area contributed by atoms with E-state index in [-0.39, 0.29) is 17.5 Å². The lowest BCUT2D eigenvalue weighted by Gasteiger charge is -2.29. The second-order valence-corrected chi connectivity index (χ2v) is 5.85. The molecule has 0 heterocycles. The molecule has 6 heteroatoms. The van der Waals surface area contributed by atoms with E-state index in [0.717, 1.165) is 13.1 Å². The summed E-state index contributed by atoms with van der Waals surface area (Å²) in [4.78, 5) is 0. The fourth-order valence-corrected chi connectivity index (χ4v) is 1.39. The van der Waals surface area contributed by atoms with Crippen molar-refractivity contribution in [2.45, 2.75) is 53.6 Å². The van der Waals surface area contributed by atoms with Crippen molar-refractivity contribution in [3.63, 3.8) is 0 Å². The van der Waals surface area contributed by atoms with Gasteiger partial charge in [0.15, 0.2) is 0 Å². The first-order chi connectivity index (χ1) is 8.73. The summed E-state index contributed by atoms with van der Waals surface area (Å²) in [6.07, 6.45) is 0. The van der Waals surface area contributed by atoms with Crippen LogP contribution < -0.4 is 10.6 Å². The minimum absolute atomic E-state index is 0.0357. The van der Waals surface area contributed by atoms with E-state index >= 15 is 0 Å². The Kier molecular flexibility index (Phi) is 7.63. The Morgan fingerprint density at radius 3 is 1.53 bits per heavy atom. The zero-order chi connectivity index (χ0) is 15.1. The van der Waals surface area contributed by atoms with Gasteiger partial charge in [-0.15, -0.1) is 0 Å². The second-order valence-electron chi connectivity index (χ2n) is 5.85. The quantitative estimate of drug-likeness (QED) is 0.307. The molecular weight excluding hydrogens is 244 g/mol. The van der Waals surface area contributed by atoms with Crippen molar-refractivity contribution in [3.05, 3.63) is 0 Å². The predicted octanol–water partition coefficient (Wildman–Crippen LogP) is 1.67. The molecule has 0 aromatic carbocycles. The molecule has 112 valence electrons. The minimum Gasteiger partial charge on any atom is -0.411 e. The van der Waals surface area contributed by atoms with Crippen molar-refractivity contribution in [2.24, 2.45) is 15.7 Å². The molecule has 4 N–H and O–H groups in total. The molecule has 0 saturated heterocycles. The van der Waals surface area contributed by atoms with E-state index in [1.54, 1.807) is 13.8 Å². The van der Waals surface area contributed by atoms with Crippen LogP contribution in [0, 0.1) is 5.41 Å². The van der Waals surface area contributed by atoms with Gasteiger partial charge in [-0.25, -0.2) is 0 Å². The number of oxime groups is 2. The largest absolute Gasteiger partial charge is 0.411 e. The van der Waals surface area contributed by atoms with Gasteiger partial charge in [0.05, 0.1) is 11.4 Å². The highest BCUT2D eigenvalue weighted by atomic mass is 16.4. The van der Waals surface area contributed by atoms with Crippen LogP contribution in [0.3, 0.4) is 0 Å². The predicted molar refractivity (Wildman–Crippen MR) is 78.5 cm³/mol. The molecule has 0 aliphatic heterocycles. The monoisotopic (exact) mass is 272 g/mol. The zero-order valence-corrected chi connectivity index (χ0v) is 12.9. The lowest BCUT2D eigenvalue weighted by molar-refractivity contribution is 0.298. The Balaban J connectivity index is 4.19. The van der Waals surface area contributed by atoms with E-state index in [4.69, 9.17) is 10.4 Å². The van der Waals surface area contributed by atoms with Gasteiger partial charge in [-0.2, -0.15) is 0 Å². The maximum absolute atomic E-state index is 8.70. The molecule has 0 radical (unpaired) electrons. The summed E-state index contributed by atoms with van der Waals surface area (Å²) in [5.41, 5.74) is 1.37. The van der Waals surface area contributed by atoms with Crippen LogP contribution in [0.15, 0.2) is 10.3 Å².